The molecule has 1 aromatic heterocycles. The maximum atomic E-state index is 12.9. The standard InChI is InChI=1S/C31H29N3O4S/c1-20-21(2)34(19-22-10-12-24(13-11-22)27-8-3-4-9-29(27)33-39(37)38)30-15-14-25(17-28(20)30)31(36)32-18-23-6-5-7-26(35)16-23/h3-17,33,35H,18-19H2,1-2H3,(H,32,36)(H,37,38)/p-1. The summed E-state index contributed by atoms with van der Waals surface area (Å²) in [5, 5.41) is 13.6. The van der Waals surface area contributed by atoms with Crippen LogP contribution in [0.1, 0.15) is 32.7 Å². The molecule has 1 amide bonds. The van der Waals surface area contributed by atoms with Crippen LogP contribution in [0.25, 0.3) is 22.0 Å². The van der Waals surface area contributed by atoms with Crippen molar-refractivity contribution in [1.82, 2.24) is 9.88 Å². The summed E-state index contributed by atoms with van der Waals surface area (Å²) in [6.45, 7) is 5.13. The summed E-state index contributed by atoms with van der Waals surface area (Å²) in [6, 6.07) is 27.9. The number of nitrogens with one attached hydrogen (secondary N) is 2. The summed E-state index contributed by atoms with van der Waals surface area (Å²) in [6.07, 6.45) is 0. The second-order valence-corrected chi connectivity index (χ2v) is 10.1. The molecule has 0 fully saturated rings. The van der Waals surface area contributed by atoms with Crippen molar-refractivity contribution in [2.75, 3.05) is 4.72 Å². The molecule has 0 bridgehead atoms. The number of fused-ring (bicyclic) bond motifs is 1. The second kappa shape index (κ2) is 11.1. The number of para-hydroxylation sites is 1. The fourth-order valence-corrected chi connectivity index (χ4v) is 5.19. The van der Waals surface area contributed by atoms with Crippen molar-refractivity contribution < 1.29 is 18.7 Å². The van der Waals surface area contributed by atoms with Gasteiger partial charge in [-0.2, -0.15) is 0 Å². The van der Waals surface area contributed by atoms with E-state index in [1.807, 2.05) is 60.7 Å². The Balaban J connectivity index is 1.36. The molecule has 0 aliphatic rings. The topological polar surface area (TPSA) is 106 Å². The zero-order chi connectivity index (χ0) is 27.5. The Morgan fingerprint density at radius 1 is 0.923 bits per heavy atom. The van der Waals surface area contributed by atoms with Crippen LogP contribution in [0, 0.1) is 13.8 Å². The normalized spacial score (nSPS) is 11.9. The van der Waals surface area contributed by atoms with Gasteiger partial charge in [-0.1, -0.05) is 54.6 Å². The number of anilines is 1. The molecule has 3 N–H and O–H groups in total. The molecule has 1 unspecified atom stereocenters. The summed E-state index contributed by atoms with van der Waals surface area (Å²) in [7, 11) is 0. The number of phenols is 1. The molecule has 1 heterocycles. The Hall–Kier alpha value is -4.40. The van der Waals surface area contributed by atoms with Gasteiger partial charge in [0.25, 0.3) is 5.91 Å². The minimum absolute atomic E-state index is 0.170. The molecule has 0 radical (unpaired) electrons. The van der Waals surface area contributed by atoms with Crippen LogP contribution in [-0.2, 0) is 24.4 Å². The second-order valence-electron chi connectivity index (χ2n) is 9.46. The Morgan fingerprint density at radius 2 is 1.69 bits per heavy atom. The van der Waals surface area contributed by atoms with Crippen molar-refractivity contribution >= 4 is 33.8 Å². The lowest BCUT2D eigenvalue weighted by molar-refractivity contribution is 0.0951. The highest BCUT2D eigenvalue weighted by atomic mass is 32.2. The van der Waals surface area contributed by atoms with Crippen molar-refractivity contribution in [1.29, 1.82) is 0 Å². The first-order valence-electron chi connectivity index (χ1n) is 12.5. The van der Waals surface area contributed by atoms with E-state index >= 15 is 0 Å². The number of phenolic OH excluding ortho intramolecular Hbond substituents is 1. The number of hydrogen-bond donors (Lipinski definition) is 3. The van der Waals surface area contributed by atoms with E-state index in [0.717, 1.165) is 44.4 Å². The number of aromatic hydroxyl groups is 1. The fraction of sp³-hybridized carbons (Fsp3) is 0.129. The van der Waals surface area contributed by atoms with Crippen molar-refractivity contribution in [2.24, 2.45) is 0 Å². The number of hydrogen-bond acceptors (Lipinski definition) is 4. The first-order chi connectivity index (χ1) is 18.8. The van der Waals surface area contributed by atoms with Gasteiger partial charge >= 0.3 is 0 Å². The van der Waals surface area contributed by atoms with Crippen molar-refractivity contribution in [3.63, 3.8) is 0 Å². The van der Waals surface area contributed by atoms with Crippen LogP contribution >= 0.6 is 0 Å². The molecule has 0 saturated heterocycles. The Bertz CT molecular complexity index is 1690. The van der Waals surface area contributed by atoms with Crippen molar-refractivity contribution in [3.8, 4) is 16.9 Å². The fourth-order valence-electron chi connectivity index (χ4n) is 4.83. The zero-order valence-corrected chi connectivity index (χ0v) is 22.4. The number of carbonyl (C=O) groups is 1. The predicted octanol–water partition coefficient (Wildman–Crippen LogP) is 5.82. The SMILES string of the molecule is Cc1c(C)n(Cc2ccc(-c3ccccc3NS(=O)[O-])cc2)c2ccc(C(=O)NCc3cccc(O)c3)cc12. The third-order valence-electron chi connectivity index (χ3n) is 6.99. The highest BCUT2D eigenvalue weighted by Crippen LogP contribution is 2.30. The highest BCUT2D eigenvalue weighted by Gasteiger charge is 2.15. The van der Waals surface area contributed by atoms with Crippen LogP contribution in [0.5, 0.6) is 5.75 Å². The van der Waals surface area contributed by atoms with Crippen molar-refractivity contribution in [2.45, 2.75) is 26.9 Å². The predicted molar refractivity (Wildman–Crippen MR) is 154 cm³/mol. The molecular formula is C31H28N3O4S-. The molecule has 5 rings (SSSR count). The van der Waals surface area contributed by atoms with E-state index in [1.165, 1.54) is 0 Å². The number of amides is 1. The summed E-state index contributed by atoms with van der Waals surface area (Å²) in [4.78, 5) is 12.9. The zero-order valence-electron chi connectivity index (χ0n) is 21.6. The number of aryl methyl sites for hydroxylation is 1. The van der Waals surface area contributed by atoms with Gasteiger partial charge in [0.2, 0.25) is 0 Å². The van der Waals surface area contributed by atoms with Crippen LogP contribution in [-0.4, -0.2) is 24.3 Å². The summed E-state index contributed by atoms with van der Waals surface area (Å²) in [5.74, 6) is 0.000211. The van der Waals surface area contributed by atoms with Gasteiger partial charge in [-0.15, -0.1) is 0 Å². The van der Waals surface area contributed by atoms with Gasteiger partial charge in [0, 0.05) is 52.1 Å². The van der Waals surface area contributed by atoms with Crippen molar-refractivity contribution in [3.05, 3.63) is 119 Å². The third-order valence-corrected chi connectivity index (χ3v) is 7.38. The van der Waals surface area contributed by atoms with Gasteiger partial charge in [0.05, 0.1) is 5.69 Å². The first kappa shape index (κ1) is 26.2. The number of benzene rings is 4. The molecule has 0 aliphatic carbocycles. The Kier molecular flexibility index (Phi) is 7.49. The largest absolute Gasteiger partial charge is 0.755 e. The number of aromatic nitrogens is 1. The van der Waals surface area contributed by atoms with E-state index < -0.39 is 11.3 Å². The molecule has 5 aromatic rings. The van der Waals surface area contributed by atoms with Crippen LogP contribution in [0.2, 0.25) is 0 Å². The molecule has 0 aliphatic heterocycles. The minimum Gasteiger partial charge on any atom is -0.755 e. The van der Waals surface area contributed by atoms with Crippen LogP contribution in [0.15, 0.2) is 91.0 Å². The van der Waals surface area contributed by atoms with Gasteiger partial charge in [0.1, 0.15) is 5.75 Å². The average molecular weight is 539 g/mol. The molecule has 198 valence electrons. The maximum absolute atomic E-state index is 12.9. The minimum atomic E-state index is -2.40. The summed E-state index contributed by atoms with van der Waals surface area (Å²) < 4.78 is 27.0. The average Bonchev–Trinajstić information content (AvgIpc) is 3.16. The number of nitrogens with zero attached hydrogens (tertiary/aromatic N) is 1. The summed E-state index contributed by atoms with van der Waals surface area (Å²) in [5.41, 5.74) is 8.06. The number of carbonyl (C=O) groups excluding carboxylic acids is 1. The molecule has 0 saturated carbocycles. The van der Waals surface area contributed by atoms with E-state index in [-0.39, 0.29) is 11.7 Å². The van der Waals surface area contributed by atoms with E-state index in [2.05, 4.69) is 28.5 Å². The van der Waals surface area contributed by atoms with Gasteiger partial charge in [-0.25, -0.2) is 0 Å². The lowest BCUT2D eigenvalue weighted by Gasteiger charge is -2.14. The smallest absolute Gasteiger partial charge is 0.251 e. The van der Waals surface area contributed by atoms with E-state index in [9.17, 15) is 18.7 Å². The molecule has 8 heteroatoms. The third kappa shape index (κ3) is 5.72. The first-order valence-corrected chi connectivity index (χ1v) is 13.6. The van der Waals surface area contributed by atoms with Crippen LogP contribution in [0.3, 0.4) is 0 Å². The van der Waals surface area contributed by atoms with Gasteiger partial charge in [-0.3, -0.25) is 9.00 Å². The monoisotopic (exact) mass is 538 g/mol. The highest BCUT2D eigenvalue weighted by molar-refractivity contribution is 7.80. The number of rotatable bonds is 8. The van der Waals surface area contributed by atoms with Crippen LogP contribution in [0.4, 0.5) is 5.69 Å². The molecule has 0 spiro atoms. The molecular weight excluding hydrogens is 510 g/mol. The van der Waals surface area contributed by atoms with Crippen LogP contribution < -0.4 is 10.0 Å². The van der Waals surface area contributed by atoms with Gasteiger partial charge in [0.15, 0.2) is 0 Å². The van der Waals surface area contributed by atoms with E-state index in [0.29, 0.717) is 24.3 Å². The molecule has 7 nitrogen and oxygen atoms in total. The summed E-state index contributed by atoms with van der Waals surface area (Å²) >= 11 is -2.40. The Morgan fingerprint density at radius 3 is 2.44 bits per heavy atom. The lowest BCUT2D eigenvalue weighted by atomic mass is 10.0. The maximum Gasteiger partial charge on any atom is 0.251 e. The molecule has 1 atom stereocenters. The van der Waals surface area contributed by atoms with Gasteiger partial charge < -0.3 is 24.3 Å². The molecule has 39 heavy (non-hydrogen) atoms. The molecule has 4 aromatic carbocycles. The van der Waals surface area contributed by atoms with E-state index in [1.54, 1.807) is 30.3 Å². The quantitative estimate of drug-likeness (QED) is 0.217. The van der Waals surface area contributed by atoms with E-state index in [4.69, 9.17) is 0 Å². The Labute approximate surface area is 229 Å². The van der Waals surface area contributed by atoms with Gasteiger partial charge in [-0.05, 0) is 72.5 Å². The lowest BCUT2D eigenvalue weighted by Crippen LogP contribution is -2.22.